The largest absolute Gasteiger partial charge is 0.506 e. The molecule has 1 aliphatic rings. The highest BCUT2D eigenvalue weighted by molar-refractivity contribution is 5.98. The Morgan fingerprint density at radius 3 is 2.70 bits per heavy atom. The number of aromatic nitrogens is 1. The standard InChI is InChI=1S/C26H30F2N2O3/c1-4-5-11-21-22(18-9-7-6-8-10-18)24(31)23(25(32)30-21)26(29-3)33-16(2)14-17-12-13-19(27)20(28)15-17/h9,12-13,15H,2,4-8,10-11,14H2,1,3H3,(H2,30,31,32). The predicted molar refractivity (Wildman–Crippen MR) is 127 cm³/mol. The van der Waals surface area contributed by atoms with Crippen molar-refractivity contribution in [2.75, 3.05) is 7.05 Å². The lowest BCUT2D eigenvalue weighted by atomic mass is 9.90. The van der Waals surface area contributed by atoms with Gasteiger partial charge in [-0.25, -0.2) is 8.78 Å². The van der Waals surface area contributed by atoms with Gasteiger partial charge >= 0.3 is 0 Å². The van der Waals surface area contributed by atoms with Crippen molar-refractivity contribution in [3.63, 3.8) is 0 Å². The number of aromatic amines is 1. The third kappa shape index (κ3) is 5.78. The fourth-order valence-electron chi connectivity index (χ4n) is 4.05. The molecule has 0 amide bonds. The van der Waals surface area contributed by atoms with Crippen molar-refractivity contribution < 1.29 is 18.6 Å². The van der Waals surface area contributed by atoms with Crippen molar-refractivity contribution in [3.05, 3.63) is 81.0 Å². The van der Waals surface area contributed by atoms with Gasteiger partial charge in [0.15, 0.2) is 11.6 Å². The first-order chi connectivity index (χ1) is 15.8. The monoisotopic (exact) mass is 456 g/mol. The second-order valence-electron chi connectivity index (χ2n) is 8.20. The number of pyridine rings is 1. The van der Waals surface area contributed by atoms with Crippen LogP contribution in [0.2, 0.25) is 0 Å². The number of aliphatic imine (C=N–C) groups is 1. The summed E-state index contributed by atoms with van der Waals surface area (Å²) in [5.74, 6) is -1.97. The zero-order valence-electron chi connectivity index (χ0n) is 19.1. The minimum Gasteiger partial charge on any atom is -0.506 e. The van der Waals surface area contributed by atoms with E-state index in [-0.39, 0.29) is 29.4 Å². The quantitative estimate of drug-likeness (QED) is 0.299. The number of nitrogens with zero attached hydrogens (tertiary/aromatic N) is 1. The van der Waals surface area contributed by atoms with Crippen LogP contribution in [0.3, 0.4) is 0 Å². The fourth-order valence-corrected chi connectivity index (χ4v) is 4.05. The minimum absolute atomic E-state index is 0.0642. The van der Waals surface area contributed by atoms with Gasteiger partial charge in [0, 0.05) is 24.7 Å². The molecule has 0 unspecified atom stereocenters. The third-order valence-corrected chi connectivity index (χ3v) is 5.70. The summed E-state index contributed by atoms with van der Waals surface area (Å²) in [7, 11) is 1.45. The van der Waals surface area contributed by atoms with Crippen LogP contribution in [-0.2, 0) is 17.6 Å². The van der Waals surface area contributed by atoms with Crippen molar-refractivity contribution in [2.45, 2.75) is 58.3 Å². The van der Waals surface area contributed by atoms with Crippen LogP contribution in [0, 0.1) is 11.6 Å². The van der Waals surface area contributed by atoms with Crippen LogP contribution in [-0.4, -0.2) is 23.0 Å². The molecule has 3 rings (SSSR count). The maximum Gasteiger partial charge on any atom is 0.264 e. The predicted octanol–water partition coefficient (Wildman–Crippen LogP) is 5.81. The van der Waals surface area contributed by atoms with Crippen LogP contribution < -0.4 is 5.56 Å². The Morgan fingerprint density at radius 2 is 2.06 bits per heavy atom. The van der Waals surface area contributed by atoms with Crippen molar-refractivity contribution in [1.29, 1.82) is 0 Å². The Kier molecular flexibility index (Phi) is 8.20. The molecule has 1 aliphatic carbocycles. The Bertz CT molecular complexity index is 1150. The molecule has 0 fully saturated rings. The molecular formula is C26H30F2N2O3. The van der Waals surface area contributed by atoms with Gasteiger partial charge in [-0.05, 0) is 61.8 Å². The van der Waals surface area contributed by atoms with E-state index in [0.29, 0.717) is 23.2 Å². The Morgan fingerprint density at radius 1 is 1.27 bits per heavy atom. The van der Waals surface area contributed by atoms with E-state index in [4.69, 9.17) is 4.74 Å². The van der Waals surface area contributed by atoms with E-state index in [9.17, 15) is 18.7 Å². The highest BCUT2D eigenvalue weighted by atomic mass is 19.2. The van der Waals surface area contributed by atoms with Gasteiger partial charge < -0.3 is 14.8 Å². The molecule has 1 aromatic carbocycles. The summed E-state index contributed by atoms with van der Waals surface area (Å²) in [4.78, 5) is 20.0. The zero-order valence-corrected chi connectivity index (χ0v) is 19.1. The van der Waals surface area contributed by atoms with Gasteiger partial charge in [0.05, 0.1) is 0 Å². The van der Waals surface area contributed by atoms with Crippen LogP contribution in [0.1, 0.15) is 67.8 Å². The number of halogens is 2. The summed E-state index contributed by atoms with van der Waals surface area (Å²) in [6.45, 7) is 5.89. The Hall–Kier alpha value is -3.22. The molecule has 2 N–H and O–H groups in total. The van der Waals surface area contributed by atoms with Crippen molar-refractivity contribution in [2.24, 2.45) is 4.99 Å². The number of H-pyrrole nitrogens is 1. The normalized spacial score (nSPS) is 14.2. The molecule has 7 heteroatoms. The fraction of sp³-hybridized carbons (Fsp3) is 0.385. The number of aromatic hydroxyl groups is 1. The number of aryl methyl sites for hydroxylation is 1. The lowest BCUT2D eigenvalue weighted by Crippen LogP contribution is -2.24. The molecule has 33 heavy (non-hydrogen) atoms. The minimum atomic E-state index is -0.966. The van der Waals surface area contributed by atoms with Crippen molar-refractivity contribution >= 4 is 11.5 Å². The summed E-state index contributed by atoms with van der Waals surface area (Å²) in [5, 5.41) is 11.2. The first-order valence-electron chi connectivity index (χ1n) is 11.3. The molecule has 0 bridgehead atoms. The van der Waals surface area contributed by atoms with Crippen molar-refractivity contribution in [3.8, 4) is 5.75 Å². The average molecular weight is 457 g/mol. The van der Waals surface area contributed by atoms with Gasteiger partial charge in [-0.3, -0.25) is 9.79 Å². The van der Waals surface area contributed by atoms with Crippen molar-refractivity contribution in [1.82, 2.24) is 4.98 Å². The summed E-state index contributed by atoms with van der Waals surface area (Å²) in [6.07, 6.45) is 8.54. The first-order valence-corrected chi connectivity index (χ1v) is 11.3. The summed E-state index contributed by atoms with van der Waals surface area (Å²) < 4.78 is 32.4. The zero-order chi connectivity index (χ0) is 24.0. The summed E-state index contributed by atoms with van der Waals surface area (Å²) in [5.41, 5.74) is 2.26. The molecule has 0 spiro atoms. The lowest BCUT2D eigenvalue weighted by Gasteiger charge is -2.20. The molecule has 0 radical (unpaired) electrons. The molecule has 0 aliphatic heterocycles. The number of unbranched alkanes of at least 4 members (excludes halogenated alkanes) is 1. The molecule has 176 valence electrons. The van der Waals surface area contributed by atoms with Crippen LogP contribution in [0.25, 0.3) is 5.57 Å². The van der Waals surface area contributed by atoms with Gasteiger partial charge in [0.2, 0.25) is 5.90 Å². The molecule has 0 saturated heterocycles. The molecule has 1 aromatic heterocycles. The number of hydrogen-bond donors (Lipinski definition) is 2. The van der Waals surface area contributed by atoms with Gasteiger partial charge in [0.25, 0.3) is 5.56 Å². The van der Waals surface area contributed by atoms with Crippen LogP contribution in [0.4, 0.5) is 8.78 Å². The maximum atomic E-state index is 13.5. The second kappa shape index (κ2) is 11.1. The molecule has 0 saturated carbocycles. The van der Waals surface area contributed by atoms with E-state index in [1.807, 2.05) is 0 Å². The first kappa shape index (κ1) is 24.4. The number of benzene rings is 1. The smallest absolute Gasteiger partial charge is 0.264 e. The van der Waals surface area contributed by atoms with Crippen LogP contribution >= 0.6 is 0 Å². The van der Waals surface area contributed by atoms with E-state index in [1.165, 1.54) is 13.1 Å². The van der Waals surface area contributed by atoms with E-state index in [2.05, 4.69) is 29.6 Å². The van der Waals surface area contributed by atoms with Gasteiger partial charge in [0.1, 0.15) is 17.1 Å². The highest BCUT2D eigenvalue weighted by Crippen LogP contribution is 2.36. The second-order valence-corrected chi connectivity index (χ2v) is 8.20. The molecule has 1 heterocycles. The van der Waals surface area contributed by atoms with E-state index < -0.39 is 17.2 Å². The van der Waals surface area contributed by atoms with E-state index in [0.717, 1.165) is 56.2 Å². The lowest BCUT2D eigenvalue weighted by molar-refractivity contribution is 0.399. The van der Waals surface area contributed by atoms with E-state index >= 15 is 0 Å². The Balaban J connectivity index is 1.95. The number of allylic oxidation sites excluding steroid dienone is 3. The third-order valence-electron chi connectivity index (χ3n) is 5.70. The molecule has 0 atom stereocenters. The number of ether oxygens (including phenoxy) is 1. The summed E-state index contributed by atoms with van der Waals surface area (Å²) in [6, 6.07) is 3.52. The van der Waals surface area contributed by atoms with Gasteiger partial charge in [-0.1, -0.05) is 32.1 Å². The molecular weight excluding hydrogens is 426 g/mol. The highest BCUT2D eigenvalue weighted by Gasteiger charge is 2.25. The van der Waals surface area contributed by atoms with Gasteiger partial charge in [-0.15, -0.1) is 0 Å². The Labute approximate surface area is 192 Å². The molecule has 2 aromatic rings. The van der Waals surface area contributed by atoms with Crippen LogP contribution in [0.5, 0.6) is 5.75 Å². The SMILES string of the molecule is C=C(Cc1ccc(F)c(F)c1)OC(=NC)c1c(O)c(C2=CCCCC2)c(CCCC)[nH]c1=O. The number of nitrogens with one attached hydrogen (secondary N) is 1. The summed E-state index contributed by atoms with van der Waals surface area (Å²) >= 11 is 0. The van der Waals surface area contributed by atoms with E-state index in [1.54, 1.807) is 0 Å². The number of hydrogen-bond acceptors (Lipinski definition) is 4. The van der Waals surface area contributed by atoms with Crippen LogP contribution in [0.15, 0.2) is 46.4 Å². The number of rotatable bonds is 8. The molecule has 5 nitrogen and oxygen atoms in total. The topological polar surface area (TPSA) is 74.7 Å². The maximum absolute atomic E-state index is 13.5. The van der Waals surface area contributed by atoms with Gasteiger partial charge in [-0.2, -0.15) is 0 Å². The average Bonchev–Trinajstić information content (AvgIpc) is 2.79.